The SMILES string of the molecule is COc1cc(/C=C/C(=O)Nc2ccc(C(C)C)cc2)ccc1OC(F)F. The van der Waals surface area contributed by atoms with Crippen molar-refractivity contribution in [3.63, 3.8) is 0 Å². The molecule has 6 heteroatoms. The molecule has 0 aliphatic carbocycles. The van der Waals surface area contributed by atoms with E-state index in [1.165, 1.54) is 30.9 Å². The predicted octanol–water partition coefficient (Wildman–Crippen LogP) is 5.07. The van der Waals surface area contributed by atoms with E-state index >= 15 is 0 Å². The van der Waals surface area contributed by atoms with Crippen LogP contribution in [-0.2, 0) is 4.79 Å². The smallest absolute Gasteiger partial charge is 0.387 e. The molecule has 1 N–H and O–H groups in total. The number of benzene rings is 2. The Morgan fingerprint density at radius 1 is 1.08 bits per heavy atom. The van der Waals surface area contributed by atoms with Crippen LogP contribution in [0.2, 0.25) is 0 Å². The summed E-state index contributed by atoms with van der Waals surface area (Å²) in [7, 11) is 1.36. The molecule has 2 rings (SSSR count). The van der Waals surface area contributed by atoms with Crippen molar-refractivity contribution in [3.8, 4) is 11.5 Å². The van der Waals surface area contributed by atoms with Crippen LogP contribution in [0.3, 0.4) is 0 Å². The zero-order valence-electron chi connectivity index (χ0n) is 14.8. The molecule has 0 unspecified atom stereocenters. The largest absolute Gasteiger partial charge is 0.493 e. The van der Waals surface area contributed by atoms with E-state index in [-0.39, 0.29) is 17.4 Å². The zero-order chi connectivity index (χ0) is 19.1. The van der Waals surface area contributed by atoms with E-state index in [4.69, 9.17) is 4.74 Å². The lowest BCUT2D eigenvalue weighted by Crippen LogP contribution is -2.07. The average molecular weight is 361 g/mol. The van der Waals surface area contributed by atoms with Crippen LogP contribution in [0.15, 0.2) is 48.5 Å². The Kier molecular flexibility index (Phi) is 6.72. The van der Waals surface area contributed by atoms with Gasteiger partial charge < -0.3 is 14.8 Å². The maximum absolute atomic E-state index is 12.3. The van der Waals surface area contributed by atoms with Crippen LogP contribution in [0.5, 0.6) is 11.5 Å². The molecule has 0 saturated carbocycles. The first-order valence-corrected chi connectivity index (χ1v) is 8.11. The third kappa shape index (κ3) is 5.58. The monoisotopic (exact) mass is 361 g/mol. The molecule has 4 nitrogen and oxygen atoms in total. The first-order chi connectivity index (χ1) is 12.4. The summed E-state index contributed by atoms with van der Waals surface area (Å²) in [5.74, 6) is 0.229. The summed E-state index contributed by atoms with van der Waals surface area (Å²) in [6.45, 7) is 1.27. The third-order valence-electron chi connectivity index (χ3n) is 3.68. The second kappa shape index (κ2) is 8.99. The normalized spacial score (nSPS) is 11.2. The van der Waals surface area contributed by atoms with Crippen LogP contribution in [0, 0.1) is 0 Å². The van der Waals surface area contributed by atoms with Crippen molar-refractivity contribution in [2.24, 2.45) is 0 Å². The molecule has 0 heterocycles. The van der Waals surface area contributed by atoms with Gasteiger partial charge in [0.2, 0.25) is 5.91 Å². The van der Waals surface area contributed by atoms with E-state index in [2.05, 4.69) is 23.9 Å². The van der Waals surface area contributed by atoms with E-state index in [1.807, 2.05) is 24.3 Å². The molecule has 26 heavy (non-hydrogen) atoms. The van der Waals surface area contributed by atoms with E-state index in [9.17, 15) is 13.6 Å². The number of methoxy groups -OCH3 is 1. The van der Waals surface area contributed by atoms with Crippen molar-refractivity contribution >= 4 is 17.7 Å². The number of halogens is 2. The molecule has 0 spiro atoms. The number of alkyl halides is 2. The molecule has 0 aliphatic rings. The van der Waals surface area contributed by atoms with Crippen molar-refractivity contribution < 1.29 is 23.0 Å². The van der Waals surface area contributed by atoms with Gasteiger partial charge in [-0.15, -0.1) is 0 Å². The van der Waals surface area contributed by atoms with Crippen molar-refractivity contribution in [1.29, 1.82) is 0 Å². The van der Waals surface area contributed by atoms with Crippen molar-refractivity contribution in [2.75, 3.05) is 12.4 Å². The maximum atomic E-state index is 12.3. The summed E-state index contributed by atoms with van der Waals surface area (Å²) >= 11 is 0. The fourth-order valence-electron chi connectivity index (χ4n) is 2.29. The van der Waals surface area contributed by atoms with E-state index in [1.54, 1.807) is 12.1 Å². The molecule has 0 aromatic heterocycles. The Morgan fingerprint density at radius 2 is 1.77 bits per heavy atom. The Bertz CT molecular complexity index is 771. The number of rotatable bonds is 7. The Labute approximate surface area is 151 Å². The lowest BCUT2D eigenvalue weighted by molar-refractivity contribution is -0.111. The quantitative estimate of drug-likeness (QED) is 0.700. The molecule has 0 radical (unpaired) electrons. The minimum absolute atomic E-state index is 0.0608. The summed E-state index contributed by atoms with van der Waals surface area (Å²) in [6.07, 6.45) is 2.92. The fourth-order valence-corrected chi connectivity index (χ4v) is 2.29. The highest BCUT2D eigenvalue weighted by Gasteiger charge is 2.10. The van der Waals surface area contributed by atoms with Crippen molar-refractivity contribution in [2.45, 2.75) is 26.4 Å². The topological polar surface area (TPSA) is 47.6 Å². The van der Waals surface area contributed by atoms with Crippen LogP contribution >= 0.6 is 0 Å². The van der Waals surface area contributed by atoms with E-state index in [0.29, 0.717) is 17.2 Å². The highest BCUT2D eigenvalue weighted by Crippen LogP contribution is 2.29. The molecular formula is C20H21F2NO3. The van der Waals surface area contributed by atoms with Gasteiger partial charge in [0.05, 0.1) is 7.11 Å². The van der Waals surface area contributed by atoms with Gasteiger partial charge in [-0.05, 0) is 47.4 Å². The van der Waals surface area contributed by atoms with Gasteiger partial charge in [-0.25, -0.2) is 0 Å². The van der Waals surface area contributed by atoms with Crippen LogP contribution in [0.1, 0.15) is 30.9 Å². The molecule has 0 bridgehead atoms. The number of amides is 1. The first kappa shape index (κ1) is 19.4. The van der Waals surface area contributed by atoms with Crippen LogP contribution in [0.4, 0.5) is 14.5 Å². The van der Waals surface area contributed by atoms with E-state index < -0.39 is 6.61 Å². The standard InChI is InChI=1S/C20H21F2NO3/c1-13(2)15-6-8-16(9-7-15)23-19(24)11-5-14-4-10-17(26-20(21)22)18(12-14)25-3/h4-13,20H,1-3H3,(H,23,24)/b11-5+. The molecule has 2 aromatic rings. The van der Waals surface area contributed by atoms with Gasteiger partial charge in [0.15, 0.2) is 11.5 Å². The lowest BCUT2D eigenvalue weighted by Gasteiger charge is -2.10. The predicted molar refractivity (Wildman–Crippen MR) is 97.8 cm³/mol. The third-order valence-corrected chi connectivity index (χ3v) is 3.68. The van der Waals surface area contributed by atoms with Crippen LogP contribution < -0.4 is 14.8 Å². The second-order valence-electron chi connectivity index (χ2n) is 5.89. The number of nitrogens with one attached hydrogen (secondary N) is 1. The Hall–Kier alpha value is -2.89. The van der Waals surface area contributed by atoms with Gasteiger partial charge in [-0.3, -0.25) is 4.79 Å². The zero-order valence-corrected chi connectivity index (χ0v) is 14.8. The fraction of sp³-hybridized carbons (Fsp3) is 0.250. The first-order valence-electron chi connectivity index (χ1n) is 8.11. The van der Waals surface area contributed by atoms with Gasteiger partial charge in [0.1, 0.15) is 0 Å². The number of carbonyl (C=O) groups is 1. The number of ether oxygens (including phenoxy) is 2. The summed E-state index contributed by atoms with van der Waals surface area (Å²) in [4.78, 5) is 12.0. The molecule has 1 amide bonds. The molecule has 0 aliphatic heterocycles. The van der Waals surface area contributed by atoms with Gasteiger partial charge >= 0.3 is 6.61 Å². The van der Waals surface area contributed by atoms with Crippen molar-refractivity contribution in [1.82, 2.24) is 0 Å². The summed E-state index contributed by atoms with van der Waals surface area (Å²) < 4.78 is 34.0. The summed E-state index contributed by atoms with van der Waals surface area (Å²) in [5.41, 5.74) is 2.51. The van der Waals surface area contributed by atoms with E-state index in [0.717, 1.165) is 0 Å². The van der Waals surface area contributed by atoms with Crippen molar-refractivity contribution in [3.05, 3.63) is 59.7 Å². The molecule has 138 valence electrons. The molecule has 2 aromatic carbocycles. The average Bonchev–Trinajstić information content (AvgIpc) is 2.60. The number of anilines is 1. The number of carbonyl (C=O) groups excluding carboxylic acids is 1. The molecule has 0 atom stereocenters. The highest BCUT2D eigenvalue weighted by molar-refractivity contribution is 6.01. The number of hydrogen-bond donors (Lipinski definition) is 1. The van der Waals surface area contributed by atoms with Crippen LogP contribution in [-0.4, -0.2) is 19.6 Å². The van der Waals surface area contributed by atoms with Gasteiger partial charge in [0, 0.05) is 11.8 Å². The Balaban J connectivity index is 2.03. The van der Waals surface area contributed by atoms with Gasteiger partial charge in [-0.1, -0.05) is 32.0 Å². The second-order valence-corrected chi connectivity index (χ2v) is 5.89. The lowest BCUT2D eigenvalue weighted by atomic mass is 10.0. The highest BCUT2D eigenvalue weighted by atomic mass is 19.3. The van der Waals surface area contributed by atoms with Gasteiger partial charge in [0.25, 0.3) is 0 Å². The molecule has 0 fully saturated rings. The minimum atomic E-state index is -2.93. The maximum Gasteiger partial charge on any atom is 0.387 e. The van der Waals surface area contributed by atoms with Gasteiger partial charge in [-0.2, -0.15) is 8.78 Å². The molecular weight excluding hydrogens is 340 g/mol. The molecule has 0 saturated heterocycles. The minimum Gasteiger partial charge on any atom is -0.493 e. The Morgan fingerprint density at radius 3 is 2.35 bits per heavy atom. The summed E-state index contributed by atoms with van der Waals surface area (Å²) in [5, 5.41) is 2.76. The van der Waals surface area contributed by atoms with Crippen LogP contribution in [0.25, 0.3) is 6.08 Å². The number of hydrogen-bond acceptors (Lipinski definition) is 3. The summed E-state index contributed by atoms with van der Waals surface area (Å²) in [6, 6.07) is 12.1.